The third-order valence-corrected chi connectivity index (χ3v) is 2.98. The molecule has 0 aliphatic carbocycles. The molecule has 2 atom stereocenters. The maximum atomic E-state index is 14.5. The summed E-state index contributed by atoms with van der Waals surface area (Å²) < 4.78 is 19.6. The van der Waals surface area contributed by atoms with Crippen LogP contribution in [-0.2, 0) is 5.67 Å². The predicted octanol–water partition coefficient (Wildman–Crippen LogP) is 2.52. The average Bonchev–Trinajstić information content (AvgIpc) is 2.51. The fourth-order valence-corrected chi connectivity index (χ4v) is 2.24. The Hall–Kier alpha value is -0.830. The van der Waals surface area contributed by atoms with Gasteiger partial charge in [0.05, 0.1) is 12.5 Å². The second-order valence-electron chi connectivity index (χ2n) is 4.24. The summed E-state index contributed by atoms with van der Waals surface area (Å²) in [6.07, 6.45) is 4.24. The highest BCUT2D eigenvalue weighted by Gasteiger charge is 2.38. The molecule has 2 rings (SSSR count). The van der Waals surface area contributed by atoms with E-state index in [4.69, 9.17) is 4.42 Å². The quantitative estimate of drug-likeness (QED) is 0.748. The van der Waals surface area contributed by atoms with Gasteiger partial charge in [-0.25, -0.2) is 4.39 Å². The fraction of sp³-hybridized carbons (Fsp3) is 0.636. The lowest BCUT2D eigenvalue weighted by Crippen LogP contribution is -2.42. The number of nitrogens with one attached hydrogen (secondary N) is 1. The van der Waals surface area contributed by atoms with Crippen LogP contribution in [-0.4, -0.2) is 12.6 Å². The Morgan fingerprint density at radius 2 is 2.36 bits per heavy atom. The highest BCUT2D eigenvalue weighted by atomic mass is 19.1. The van der Waals surface area contributed by atoms with Crippen molar-refractivity contribution < 1.29 is 8.81 Å². The van der Waals surface area contributed by atoms with E-state index in [1.807, 2.05) is 13.8 Å². The molecular weight excluding hydrogens is 181 g/mol. The van der Waals surface area contributed by atoms with Crippen LogP contribution in [0.2, 0.25) is 0 Å². The SMILES string of the molecule is Cc1cocc1C1(F)CCNC(C)C1. The Morgan fingerprint density at radius 1 is 1.57 bits per heavy atom. The van der Waals surface area contributed by atoms with Gasteiger partial charge in [-0.3, -0.25) is 0 Å². The number of rotatable bonds is 1. The molecule has 2 unspecified atom stereocenters. The molecule has 1 fully saturated rings. The third kappa shape index (κ3) is 1.57. The number of piperidine rings is 1. The van der Waals surface area contributed by atoms with Gasteiger partial charge in [-0.2, -0.15) is 0 Å². The molecule has 2 nitrogen and oxygen atoms in total. The van der Waals surface area contributed by atoms with Crippen molar-refractivity contribution in [1.82, 2.24) is 5.32 Å². The molecule has 0 radical (unpaired) electrons. The van der Waals surface area contributed by atoms with Crippen LogP contribution in [0, 0.1) is 6.92 Å². The van der Waals surface area contributed by atoms with E-state index >= 15 is 0 Å². The first-order chi connectivity index (χ1) is 6.62. The van der Waals surface area contributed by atoms with Crippen LogP contribution >= 0.6 is 0 Å². The van der Waals surface area contributed by atoms with Gasteiger partial charge in [0.2, 0.25) is 0 Å². The van der Waals surface area contributed by atoms with E-state index in [2.05, 4.69) is 5.32 Å². The normalized spacial score (nSPS) is 33.2. The van der Waals surface area contributed by atoms with Crippen molar-refractivity contribution in [3.63, 3.8) is 0 Å². The van der Waals surface area contributed by atoms with Crippen LogP contribution in [0.3, 0.4) is 0 Å². The molecule has 0 aromatic carbocycles. The van der Waals surface area contributed by atoms with Crippen LogP contribution in [0.25, 0.3) is 0 Å². The molecular formula is C11H16FNO. The van der Waals surface area contributed by atoms with Gasteiger partial charge in [0.15, 0.2) is 0 Å². The molecule has 1 aromatic heterocycles. The molecule has 0 saturated carbocycles. The number of hydrogen-bond donors (Lipinski definition) is 1. The molecule has 0 spiro atoms. The van der Waals surface area contributed by atoms with Crippen molar-refractivity contribution in [2.24, 2.45) is 0 Å². The first-order valence-electron chi connectivity index (χ1n) is 5.07. The number of halogens is 1. The molecule has 3 heteroatoms. The van der Waals surface area contributed by atoms with Gasteiger partial charge in [-0.05, 0) is 32.4 Å². The van der Waals surface area contributed by atoms with E-state index < -0.39 is 5.67 Å². The van der Waals surface area contributed by atoms with Crippen LogP contribution in [0.4, 0.5) is 4.39 Å². The zero-order valence-electron chi connectivity index (χ0n) is 8.64. The number of alkyl halides is 1. The minimum atomic E-state index is -1.19. The molecule has 1 N–H and O–H groups in total. The standard InChI is InChI=1S/C11H16FNO/c1-8-6-14-7-10(8)11(12)3-4-13-9(2)5-11/h6-7,9,13H,3-5H2,1-2H3. The second kappa shape index (κ2) is 3.39. The van der Waals surface area contributed by atoms with E-state index in [9.17, 15) is 4.39 Å². The maximum absolute atomic E-state index is 14.5. The van der Waals surface area contributed by atoms with Gasteiger partial charge in [0, 0.05) is 18.0 Å². The van der Waals surface area contributed by atoms with Crippen molar-refractivity contribution in [3.05, 3.63) is 23.7 Å². The van der Waals surface area contributed by atoms with Gasteiger partial charge in [-0.15, -0.1) is 0 Å². The van der Waals surface area contributed by atoms with E-state index in [0.717, 1.165) is 17.7 Å². The Kier molecular flexibility index (Phi) is 2.35. The zero-order valence-corrected chi connectivity index (χ0v) is 8.64. The second-order valence-corrected chi connectivity index (χ2v) is 4.24. The van der Waals surface area contributed by atoms with Crippen LogP contribution < -0.4 is 5.32 Å². The summed E-state index contributed by atoms with van der Waals surface area (Å²) in [6.45, 7) is 4.65. The van der Waals surface area contributed by atoms with Gasteiger partial charge >= 0.3 is 0 Å². The summed E-state index contributed by atoms with van der Waals surface area (Å²) in [7, 11) is 0. The number of furan rings is 1. The molecule has 78 valence electrons. The van der Waals surface area contributed by atoms with Crippen molar-refractivity contribution in [3.8, 4) is 0 Å². The van der Waals surface area contributed by atoms with E-state index in [-0.39, 0.29) is 6.04 Å². The Morgan fingerprint density at radius 3 is 2.93 bits per heavy atom. The smallest absolute Gasteiger partial charge is 0.142 e. The molecule has 1 aliphatic rings. The minimum absolute atomic E-state index is 0.239. The maximum Gasteiger partial charge on any atom is 0.142 e. The summed E-state index contributed by atoms with van der Waals surface area (Å²) in [5.74, 6) is 0. The molecule has 2 heterocycles. The molecule has 1 aliphatic heterocycles. The first kappa shape index (κ1) is 9.71. The monoisotopic (exact) mass is 197 g/mol. The minimum Gasteiger partial charge on any atom is -0.472 e. The zero-order chi connectivity index (χ0) is 10.2. The summed E-state index contributed by atoms with van der Waals surface area (Å²) in [5, 5.41) is 3.25. The first-order valence-corrected chi connectivity index (χ1v) is 5.07. The fourth-order valence-electron chi connectivity index (χ4n) is 2.24. The van der Waals surface area contributed by atoms with Gasteiger partial charge < -0.3 is 9.73 Å². The number of aryl methyl sites for hydroxylation is 1. The summed E-state index contributed by atoms with van der Waals surface area (Å²) in [5.41, 5.74) is 0.453. The van der Waals surface area contributed by atoms with Crippen LogP contribution in [0.1, 0.15) is 30.9 Å². The van der Waals surface area contributed by atoms with E-state index in [1.54, 1.807) is 12.5 Å². The van der Waals surface area contributed by atoms with Gasteiger partial charge in [0.1, 0.15) is 5.67 Å². The predicted molar refractivity (Wildman–Crippen MR) is 52.9 cm³/mol. The van der Waals surface area contributed by atoms with Gasteiger partial charge in [-0.1, -0.05) is 0 Å². The lowest BCUT2D eigenvalue weighted by molar-refractivity contribution is 0.0935. The Labute approximate surface area is 83.5 Å². The summed E-state index contributed by atoms with van der Waals surface area (Å²) >= 11 is 0. The van der Waals surface area contributed by atoms with Crippen LogP contribution in [0.15, 0.2) is 16.9 Å². The lowest BCUT2D eigenvalue weighted by atomic mass is 9.84. The largest absolute Gasteiger partial charge is 0.472 e. The molecule has 1 aromatic rings. The molecule has 1 saturated heterocycles. The summed E-state index contributed by atoms with van der Waals surface area (Å²) in [4.78, 5) is 0. The molecule has 14 heavy (non-hydrogen) atoms. The van der Waals surface area contributed by atoms with E-state index in [1.165, 1.54) is 0 Å². The van der Waals surface area contributed by atoms with Gasteiger partial charge in [0.25, 0.3) is 0 Å². The average molecular weight is 197 g/mol. The Balaban J connectivity index is 2.27. The Bertz CT molecular complexity index is 323. The van der Waals surface area contributed by atoms with Crippen molar-refractivity contribution >= 4 is 0 Å². The topological polar surface area (TPSA) is 25.2 Å². The molecule has 0 bridgehead atoms. The van der Waals surface area contributed by atoms with Crippen molar-refractivity contribution in [1.29, 1.82) is 0 Å². The highest BCUT2D eigenvalue weighted by molar-refractivity contribution is 5.27. The molecule has 0 amide bonds. The number of hydrogen-bond acceptors (Lipinski definition) is 2. The van der Waals surface area contributed by atoms with Crippen molar-refractivity contribution in [2.45, 2.75) is 38.4 Å². The van der Waals surface area contributed by atoms with Crippen molar-refractivity contribution in [2.75, 3.05) is 6.54 Å². The lowest BCUT2D eigenvalue weighted by Gasteiger charge is -2.33. The summed E-state index contributed by atoms with van der Waals surface area (Å²) in [6, 6.07) is 0.239. The highest BCUT2D eigenvalue weighted by Crippen LogP contribution is 2.38. The van der Waals surface area contributed by atoms with Crippen LogP contribution in [0.5, 0.6) is 0 Å². The van der Waals surface area contributed by atoms with E-state index in [0.29, 0.717) is 12.8 Å². The third-order valence-electron chi connectivity index (χ3n) is 2.98.